The van der Waals surface area contributed by atoms with Crippen LogP contribution in [0.1, 0.15) is 25.3 Å². The number of imidazole rings is 1. The van der Waals surface area contributed by atoms with E-state index in [2.05, 4.69) is 20.8 Å². The molecule has 1 saturated carbocycles. The van der Waals surface area contributed by atoms with Crippen LogP contribution >= 0.6 is 11.8 Å². The van der Waals surface area contributed by atoms with Gasteiger partial charge in [0.1, 0.15) is 5.52 Å². The first-order valence-electron chi connectivity index (χ1n) is 5.90. The molecule has 0 aliphatic heterocycles. The molecule has 0 aromatic carbocycles. The summed E-state index contributed by atoms with van der Waals surface area (Å²) in [5, 5.41) is 0.763. The Morgan fingerprint density at radius 3 is 3.12 bits per heavy atom. The van der Waals surface area contributed by atoms with Gasteiger partial charge < -0.3 is 10.3 Å². The highest BCUT2D eigenvalue weighted by molar-refractivity contribution is 7.99. The quantitative estimate of drug-likeness (QED) is 0.887. The summed E-state index contributed by atoms with van der Waals surface area (Å²) in [6, 6.07) is 2.50. The first-order chi connectivity index (χ1) is 8.29. The van der Waals surface area contributed by atoms with Crippen LogP contribution in [0.4, 0.5) is 5.95 Å². The van der Waals surface area contributed by atoms with Gasteiger partial charge in [0.25, 0.3) is 0 Å². The molecule has 4 nitrogen and oxygen atoms in total. The molecule has 1 fully saturated rings. The zero-order chi connectivity index (χ0) is 11.8. The van der Waals surface area contributed by atoms with Gasteiger partial charge in [0.15, 0.2) is 0 Å². The first kappa shape index (κ1) is 10.9. The Hall–Kier alpha value is -1.23. The highest BCUT2D eigenvalue weighted by Crippen LogP contribution is 2.38. The van der Waals surface area contributed by atoms with E-state index in [1.54, 1.807) is 12.4 Å². The normalized spacial score (nSPS) is 24.5. The third kappa shape index (κ3) is 1.78. The van der Waals surface area contributed by atoms with Gasteiger partial charge in [0, 0.05) is 17.5 Å². The van der Waals surface area contributed by atoms with Crippen LogP contribution < -0.4 is 5.73 Å². The lowest BCUT2D eigenvalue weighted by molar-refractivity contribution is 0.540. The fraction of sp³-hybridized carbons (Fsp3) is 0.500. The molecule has 0 amide bonds. The zero-order valence-electron chi connectivity index (χ0n) is 9.84. The highest BCUT2D eigenvalue weighted by atomic mass is 32.2. The number of rotatable bonds is 2. The molecule has 2 aromatic rings. The van der Waals surface area contributed by atoms with Crippen LogP contribution in [0, 0.1) is 0 Å². The second kappa shape index (κ2) is 4.22. The number of anilines is 1. The van der Waals surface area contributed by atoms with Crippen LogP contribution in [-0.2, 0) is 0 Å². The number of hydrogen-bond acceptors (Lipinski definition) is 4. The van der Waals surface area contributed by atoms with Gasteiger partial charge in [-0.2, -0.15) is 11.8 Å². The lowest BCUT2D eigenvalue weighted by atomic mass is 10.2. The number of fused-ring (bicyclic) bond motifs is 1. The second-order valence-electron chi connectivity index (χ2n) is 4.53. The van der Waals surface area contributed by atoms with Crippen molar-refractivity contribution in [1.29, 1.82) is 0 Å². The maximum atomic E-state index is 6.04. The largest absolute Gasteiger partial charge is 0.369 e. The molecule has 3 rings (SSSR count). The van der Waals surface area contributed by atoms with Gasteiger partial charge in [-0.1, -0.05) is 0 Å². The Labute approximate surface area is 105 Å². The summed E-state index contributed by atoms with van der Waals surface area (Å²) in [4.78, 5) is 8.47. The number of thioether (sulfide) groups is 1. The standard InChI is InChI=1S/C12H16N4S/c1-17-9-3-2-8(6-9)16-11-4-5-14-7-10(11)15-12(16)13/h4-5,7-9H,2-3,6H2,1H3,(H2,13,15). The van der Waals surface area contributed by atoms with Gasteiger partial charge in [0.05, 0.1) is 11.7 Å². The van der Waals surface area contributed by atoms with Crippen molar-refractivity contribution in [3.63, 3.8) is 0 Å². The molecule has 0 radical (unpaired) electrons. The summed E-state index contributed by atoms with van der Waals surface area (Å²) in [6.45, 7) is 0. The maximum absolute atomic E-state index is 6.04. The van der Waals surface area contributed by atoms with Crippen molar-refractivity contribution in [1.82, 2.24) is 14.5 Å². The molecule has 2 heterocycles. The molecule has 90 valence electrons. The van der Waals surface area contributed by atoms with Crippen LogP contribution in [0.5, 0.6) is 0 Å². The van der Waals surface area contributed by atoms with E-state index in [9.17, 15) is 0 Å². The van der Waals surface area contributed by atoms with E-state index in [1.807, 2.05) is 17.8 Å². The third-order valence-corrected chi connectivity index (χ3v) is 4.67. The monoisotopic (exact) mass is 248 g/mol. The number of nitrogens with zero attached hydrogens (tertiary/aromatic N) is 3. The smallest absolute Gasteiger partial charge is 0.201 e. The predicted octanol–water partition coefficient (Wildman–Crippen LogP) is 2.47. The van der Waals surface area contributed by atoms with Crippen LogP contribution in [0.15, 0.2) is 18.5 Å². The maximum Gasteiger partial charge on any atom is 0.201 e. The summed E-state index contributed by atoms with van der Waals surface area (Å²) in [6.07, 6.45) is 9.44. The minimum absolute atomic E-state index is 0.500. The molecule has 1 aliphatic carbocycles. The van der Waals surface area contributed by atoms with Crippen molar-refractivity contribution in [2.45, 2.75) is 30.6 Å². The average Bonchev–Trinajstić information content (AvgIpc) is 2.91. The Morgan fingerprint density at radius 2 is 2.35 bits per heavy atom. The van der Waals surface area contributed by atoms with E-state index in [-0.39, 0.29) is 0 Å². The molecule has 1 aliphatic rings. The van der Waals surface area contributed by atoms with E-state index in [0.29, 0.717) is 12.0 Å². The van der Waals surface area contributed by atoms with Crippen molar-refractivity contribution in [3.05, 3.63) is 18.5 Å². The minimum Gasteiger partial charge on any atom is -0.369 e. The van der Waals surface area contributed by atoms with E-state index in [0.717, 1.165) is 16.3 Å². The topological polar surface area (TPSA) is 56.7 Å². The Kier molecular flexibility index (Phi) is 2.70. The first-order valence-corrected chi connectivity index (χ1v) is 7.18. The van der Waals surface area contributed by atoms with E-state index in [1.165, 1.54) is 19.3 Å². The minimum atomic E-state index is 0.500. The third-order valence-electron chi connectivity index (χ3n) is 3.57. The van der Waals surface area contributed by atoms with Crippen LogP contribution in [0.2, 0.25) is 0 Å². The SMILES string of the molecule is CSC1CCC(n2c(N)nc3cnccc32)C1. The van der Waals surface area contributed by atoms with Gasteiger partial charge >= 0.3 is 0 Å². The lowest BCUT2D eigenvalue weighted by Gasteiger charge is -2.14. The molecule has 2 atom stereocenters. The summed E-state index contributed by atoms with van der Waals surface area (Å²) in [5.74, 6) is 0.625. The van der Waals surface area contributed by atoms with Gasteiger partial charge in [-0.05, 0) is 31.6 Å². The summed E-state index contributed by atoms with van der Waals surface area (Å²) in [5.41, 5.74) is 8.05. The average molecular weight is 248 g/mol. The molecule has 17 heavy (non-hydrogen) atoms. The predicted molar refractivity (Wildman–Crippen MR) is 72.1 cm³/mol. The fourth-order valence-electron chi connectivity index (χ4n) is 2.72. The highest BCUT2D eigenvalue weighted by Gasteiger charge is 2.27. The van der Waals surface area contributed by atoms with Crippen LogP contribution in [0.3, 0.4) is 0 Å². The molecule has 2 unspecified atom stereocenters. The summed E-state index contributed by atoms with van der Waals surface area (Å²) in [7, 11) is 0. The molecule has 0 bridgehead atoms. The Balaban J connectivity index is 2.02. The van der Waals surface area contributed by atoms with Crippen molar-refractivity contribution in [2.24, 2.45) is 0 Å². The second-order valence-corrected chi connectivity index (χ2v) is 5.67. The van der Waals surface area contributed by atoms with E-state index in [4.69, 9.17) is 5.73 Å². The van der Waals surface area contributed by atoms with Crippen molar-refractivity contribution in [3.8, 4) is 0 Å². The Bertz CT molecular complexity index is 536. The number of nitrogen functional groups attached to an aromatic ring is 1. The molecular formula is C12H16N4S. The Morgan fingerprint density at radius 1 is 1.47 bits per heavy atom. The number of pyridine rings is 1. The van der Waals surface area contributed by atoms with Crippen molar-refractivity contribution < 1.29 is 0 Å². The van der Waals surface area contributed by atoms with E-state index < -0.39 is 0 Å². The molecule has 2 aromatic heterocycles. The van der Waals surface area contributed by atoms with Crippen LogP contribution in [0.25, 0.3) is 11.0 Å². The number of nitrogens with two attached hydrogens (primary N) is 1. The zero-order valence-corrected chi connectivity index (χ0v) is 10.7. The summed E-state index contributed by atoms with van der Waals surface area (Å²) < 4.78 is 2.19. The number of hydrogen-bond donors (Lipinski definition) is 1. The molecule has 5 heteroatoms. The molecule has 0 spiro atoms. The van der Waals surface area contributed by atoms with Crippen molar-refractivity contribution >= 4 is 28.7 Å². The number of aromatic nitrogens is 3. The van der Waals surface area contributed by atoms with Gasteiger partial charge in [-0.15, -0.1) is 0 Å². The fourth-order valence-corrected chi connectivity index (χ4v) is 3.51. The van der Waals surface area contributed by atoms with Gasteiger partial charge in [-0.3, -0.25) is 4.98 Å². The summed E-state index contributed by atoms with van der Waals surface area (Å²) >= 11 is 1.96. The van der Waals surface area contributed by atoms with Crippen molar-refractivity contribution in [2.75, 3.05) is 12.0 Å². The van der Waals surface area contributed by atoms with Gasteiger partial charge in [-0.25, -0.2) is 4.98 Å². The molecular weight excluding hydrogens is 232 g/mol. The molecule has 2 N–H and O–H groups in total. The lowest BCUT2D eigenvalue weighted by Crippen LogP contribution is -2.09. The van der Waals surface area contributed by atoms with Crippen LogP contribution in [-0.4, -0.2) is 26.0 Å². The van der Waals surface area contributed by atoms with Gasteiger partial charge in [0.2, 0.25) is 5.95 Å². The van der Waals surface area contributed by atoms with E-state index >= 15 is 0 Å². The molecule has 0 saturated heterocycles.